The Balaban J connectivity index is 1.59. The predicted molar refractivity (Wildman–Crippen MR) is 128 cm³/mol. The smallest absolute Gasteiger partial charge is 0.257 e. The number of hydrazone groups is 1. The summed E-state index contributed by atoms with van der Waals surface area (Å²) in [6, 6.07) is 13.9. The van der Waals surface area contributed by atoms with E-state index in [1.165, 1.54) is 11.1 Å². The molecule has 33 heavy (non-hydrogen) atoms. The van der Waals surface area contributed by atoms with Crippen molar-refractivity contribution in [2.45, 2.75) is 39.2 Å². The van der Waals surface area contributed by atoms with Gasteiger partial charge in [0.2, 0.25) is 5.91 Å². The van der Waals surface area contributed by atoms with Crippen molar-refractivity contribution in [3.63, 3.8) is 0 Å². The van der Waals surface area contributed by atoms with E-state index in [0.29, 0.717) is 32.4 Å². The Hall–Kier alpha value is -3.19. The second-order valence-electron chi connectivity index (χ2n) is 9.00. The van der Waals surface area contributed by atoms with E-state index in [-0.39, 0.29) is 30.3 Å². The molecule has 0 aliphatic carbocycles. The lowest BCUT2D eigenvalue weighted by atomic mass is 9.95. The number of hydrogen-bond donors (Lipinski definition) is 1. The van der Waals surface area contributed by atoms with Crippen molar-refractivity contribution in [2.24, 2.45) is 16.8 Å². The Morgan fingerprint density at radius 2 is 1.82 bits per heavy atom. The van der Waals surface area contributed by atoms with Gasteiger partial charge in [-0.3, -0.25) is 14.5 Å². The SMILES string of the molecule is COc1ccccc1C1CC(c2ccc(C)c(C)c2)=NN1C(=O)CN1CCC(C(N)=O)CC1. The monoisotopic (exact) mass is 448 g/mol. The molecule has 1 saturated heterocycles. The first kappa shape index (κ1) is 23.0. The molecule has 4 rings (SSSR count). The van der Waals surface area contributed by atoms with Gasteiger partial charge in [-0.05, 0) is 68.6 Å². The number of ether oxygens (including phenoxy) is 1. The van der Waals surface area contributed by atoms with Gasteiger partial charge >= 0.3 is 0 Å². The molecule has 7 nitrogen and oxygen atoms in total. The van der Waals surface area contributed by atoms with Crippen LogP contribution < -0.4 is 10.5 Å². The highest BCUT2D eigenvalue weighted by Crippen LogP contribution is 2.37. The molecule has 0 saturated carbocycles. The molecular formula is C26H32N4O3. The van der Waals surface area contributed by atoms with E-state index < -0.39 is 0 Å². The van der Waals surface area contributed by atoms with E-state index in [0.717, 1.165) is 22.6 Å². The fourth-order valence-corrected chi connectivity index (χ4v) is 4.66. The van der Waals surface area contributed by atoms with Gasteiger partial charge in [-0.1, -0.05) is 30.3 Å². The number of carbonyl (C=O) groups is 2. The minimum Gasteiger partial charge on any atom is -0.496 e. The quantitative estimate of drug-likeness (QED) is 0.735. The number of amides is 2. The minimum absolute atomic E-state index is 0.0535. The molecule has 1 unspecified atom stereocenters. The maximum absolute atomic E-state index is 13.5. The van der Waals surface area contributed by atoms with Gasteiger partial charge in [0.25, 0.3) is 5.91 Å². The number of primary amides is 1. The first-order valence-electron chi connectivity index (χ1n) is 11.5. The van der Waals surface area contributed by atoms with Gasteiger partial charge in [0, 0.05) is 17.9 Å². The van der Waals surface area contributed by atoms with Gasteiger partial charge in [-0.25, -0.2) is 5.01 Å². The maximum Gasteiger partial charge on any atom is 0.257 e. The van der Waals surface area contributed by atoms with Crippen LogP contribution in [0.4, 0.5) is 0 Å². The number of carbonyl (C=O) groups excluding carboxylic acids is 2. The number of hydrogen-bond acceptors (Lipinski definition) is 5. The normalized spacial score (nSPS) is 19.4. The lowest BCUT2D eigenvalue weighted by Gasteiger charge is -2.31. The Morgan fingerprint density at radius 1 is 1.09 bits per heavy atom. The Bertz CT molecular complexity index is 1070. The van der Waals surface area contributed by atoms with Crippen molar-refractivity contribution in [3.05, 3.63) is 64.7 Å². The highest BCUT2D eigenvalue weighted by Gasteiger charge is 2.36. The Morgan fingerprint density at radius 3 is 2.48 bits per heavy atom. The van der Waals surface area contributed by atoms with Gasteiger partial charge in [-0.2, -0.15) is 5.10 Å². The molecule has 0 aromatic heterocycles. The van der Waals surface area contributed by atoms with Crippen molar-refractivity contribution in [2.75, 3.05) is 26.7 Å². The number of methoxy groups -OCH3 is 1. The van der Waals surface area contributed by atoms with Crippen molar-refractivity contribution < 1.29 is 14.3 Å². The van der Waals surface area contributed by atoms with Gasteiger partial charge in [0.15, 0.2) is 0 Å². The molecule has 2 aliphatic heterocycles. The highest BCUT2D eigenvalue weighted by atomic mass is 16.5. The number of piperidine rings is 1. The van der Waals surface area contributed by atoms with E-state index >= 15 is 0 Å². The van der Waals surface area contributed by atoms with Crippen molar-refractivity contribution in [3.8, 4) is 5.75 Å². The van der Waals surface area contributed by atoms with Crippen LogP contribution in [-0.4, -0.2) is 54.2 Å². The molecule has 0 spiro atoms. The van der Waals surface area contributed by atoms with E-state index in [1.807, 2.05) is 24.3 Å². The number of likely N-dealkylation sites (tertiary alicyclic amines) is 1. The van der Waals surface area contributed by atoms with Crippen LogP contribution in [0.5, 0.6) is 5.75 Å². The number of aryl methyl sites for hydroxylation is 2. The van der Waals surface area contributed by atoms with Crippen LogP contribution in [0, 0.1) is 19.8 Å². The summed E-state index contributed by atoms with van der Waals surface area (Å²) in [7, 11) is 1.65. The minimum atomic E-state index is -0.251. The summed E-state index contributed by atoms with van der Waals surface area (Å²) in [5.41, 5.74) is 10.8. The molecule has 1 atom stereocenters. The van der Waals surface area contributed by atoms with Crippen LogP contribution in [0.2, 0.25) is 0 Å². The molecule has 1 fully saturated rings. The van der Waals surface area contributed by atoms with E-state index in [1.54, 1.807) is 12.1 Å². The third-order valence-corrected chi connectivity index (χ3v) is 6.85. The summed E-state index contributed by atoms with van der Waals surface area (Å²) in [5.74, 6) is 0.347. The molecule has 2 N–H and O–H groups in total. The van der Waals surface area contributed by atoms with Gasteiger partial charge in [0.1, 0.15) is 5.75 Å². The lowest BCUT2D eigenvalue weighted by Crippen LogP contribution is -2.44. The maximum atomic E-state index is 13.5. The largest absolute Gasteiger partial charge is 0.496 e. The molecule has 0 radical (unpaired) electrons. The van der Waals surface area contributed by atoms with Crippen LogP contribution in [0.15, 0.2) is 47.6 Å². The summed E-state index contributed by atoms with van der Waals surface area (Å²) in [4.78, 5) is 27.0. The van der Waals surface area contributed by atoms with Crippen LogP contribution in [0.25, 0.3) is 0 Å². The summed E-state index contributed by atoms with van der Waals surface area (Å²) in [6.07, 6.45) is 2.00. The van der Waals surface area contributed by atoms with Crippen molar-refractivity contribution in [1.29, 1.82) is 0 Å². The van der Waals surface area contributed by atoms with Gasteiger partial charge in [0.05, 0.1) is 25.4 Å². The van der Waals surface area contributed by atoms with Crippen LogP contribution in [0.1, 0.15) is 47.6 Å². The van der Waals surface area contributed by atoms with Gasteiger partial charge in [-0.15, -0.1) is 0 Å². The number of nitrogens with two attached hydrogens (primary N) is 1. The van der Waals surface area contributed by atoms with E-state index in [9.17, 15) is 9.59 Å². The molecule has 2 amide bonds. The summed E-state index contributed by atoms with van der Waals surface area (Å²) in [5, 5.41) is 6.44. The van der Waals surface area contributed by atoms with Crippen molar-refractivity contribution >= 4 is 17.5 Å². The lowest BCUT2D eigenvalue weighted by molar-refractivity contribution is -0.134. The summed E-state index contributed by atoms with van der Waals surface area (Å²) in [6.45, 7) is 5.80. The van der Waals surface area contributed by atoms with Crippen LogP contribution in [-0.2, 0) is 9.59 Å². The number of nitrogens with zero attached hydrogens (tertiary/aromatic N) is 3. The summed E-state index contributed by atoms with van der Waals surface area (Å²) < 4.78 is 5.60. The molecule has 2 aromatic rings. The van der Waals surface area contributed by atoms with Gasteiger partial charge < -0.3 is 10.5 Å². The predicted octanol–water partition coefficient (Wildman–Crippen LogP) is 3.19. The first-order chi connectivity index (χ1) is 15.9. The van der Waals surface area contributed by atoms with E-state index in [4.69, 9.17) is 15.6 Å². The topological polar surface area (TPSA) is 88.2 Å². The van der Waals surface area contributed by atoms with Crippen LogP contribution in [0.3, 0.4) is 0 Å². The molecule has 2 aromatic carbocycles. The van der Waals surface area contributed by atoms with Crippen LogP contribution >= 0.6 is 0 Å². The third-order valence-electron chi connectivity index (χ3n) is 6.85. The standard InChI is InChI=1S/C26H32N4O3/c1-17-8-9-20(14-18(17)2)22-15-23(21-6-4-5-7-24(21)33-3)30(28-22)25(31)16-29-12-10-19(11-13-29)26(27)32/h4-9,14,19,23H,10-13,15-16H2,1-3H3,(H2,27,32). The van der Waals surface area contributed by atoms with Crippen molar-refractivity contribution in [1.82, 2.24) is 9.91 Å². The molecule has 2 heterocycles. The second-order valence-corrected chi connectivity index (χ2v) is 9.00. The first-order valence-corrected chi connectivity index (χ1v) is 11.5. The molecule has 7 heteroatoms. The number of rotatable bonds is 6. The average molecular weight is 449 g/mol. The zero-order chi connectivity index (χ0) is 23.5. The zero-order valence-corrected chi connectivity index (χ0v) is 19.6. The number of benzene rings is 2. The molecule has 2 aliphatic rings. The second kappa shape index (κ2) is 9.75. The Kier molecular flexibility index (Phi) is 6.79. The summed E-state index contributed by atoms with van der Waals surface area (Å²) >= 11 is 0. The fourth-order valence-electron chi connectivity index (χ4n) is 4.66. The number of para-hydroxylation sites is 1. The molecule has 174 valence electrons. The highest BCUT2D eigenvalue weighted by molar-refractivity contribution is 6.03. The average Bonchev–Trinajstić information content (AvgIpc) is 3.26. The third kappa shape index (κ3) is 4.93. The zero-order valence-electron chi connectivity index (χ0n) is 19.6. The molecular weight excluding hydrogens is 416 g/mol. The van der Waals surface area contributed by atoms with E-state index in [2.05, 4.69) is 36.9 Å². The molecule has 0 bridgehead atoms. The fraction of sp³-hybridized carbons (Fsp3) is 0.423. The Labute approximate surface area is 195 Å².